The molecule has 0 bridgehead atoms. The van der Waals surface area contributed by atoms with Gasteiger partial charge in [-0.3, -0.25) is 9.59 Å². The average molecular weight is 293 g/mol. The maximum Gasteiger partial charge on any atom is 0.316 e. The van der Waals surface area contributed by atoms with Crippen molar-refractivity contribution >= 4 is 11.9 Å². The molecule has 0 aromatic heterocycles. The summed E-state index contributed by atoms with van der Waals surface area (Å²) < 4.78 is 5.08. The third kappa shape index (κ3) is 4.48. The summed E-state index contributed by atoms with van der Waals surface area (Å²) in [5, 5.41) is 12.0. The molecule has 0 spiro atoms. The largest absolute Gasteiger partial charge is 0.497 e. The van der Waals surface area contributed by atoms with Crippen LogP contribution in [0.3, 0.4) is 0 Å². The number of amides is 1. The minimum atomic E-state index is -1.11. The number of carbonyl (C=O) groups is 2. The second-order valence-corrected chi connectivity index (χ2v) is 6.14. The maximum absolute atomic E-state index is 12.2. The highest BCUT2D eigenvalue weighted by molar-refractivity contribution is 5.97. The summed E-state index contributed by atoms with van der Waals surface area (Å²) in [5.74, 6) is -1.94. The third-order valence-corrected chi connectivity index (χ3v) is 3.35. The van der Waals surface area contributed by atoms with Gasteiger partial charge in [-0.2, -0.15) is 0 Å². The zero-order valence-electron chi connectivity index (χ0n) is 13.1. The first kappa shape index (κ1) is 17.0. The zero-order chi connectivity index (χ0) is 16.2. The van der Waals surface area contributed by atoms with E-state index in [1.54, 1.807) is 40.0 Å². The Morgan fingerprint density at radius 2 is 1.71 bits per heavy atom. The minimum absolute atomic E-state index is 0.271. The molecule has 0 heterocycles. The van der Waals surface area contributed by atoms with Crippen LogP contribution in [0.5, 0.6) is 5.75 Å². The normalized spacial score (nSPS) is 14.1. The molecule has 0 fully saturated rings. The Bertz CT molecular complexity index is 502. The van der Waals surface area contributed by atoms with Crippen LogP contribution in [0.2, 0.25) is 0 Å². The number of rotatable bonds is 5. The lowest BCUT2D eigenvalue weighted by Gasteiger charge is -2.27. The summed E-state index contributed by atoms with van der Waals surface area (Å²) in [7, 11) is 1.58. The minimum Gasteiger partial charge on any atom is -0.497 e. The van der Waals surface area contributed by atoms with Crippen LogP contribution in [-0.2, 0) is 9.59 Å². The van der Waals surface area contributed by atoms with Gasteiger partial charge in [0.2, 0.25) is 5.91 Å². The Labute approximate surface area is 125 Å². The molecule has 0 aliphatic rings. The van der Waals surface area contributed by atoms with Crippen molar-refractivity contribution in [3.63, 3.8) is 0 Å². The van der Waals surface area contributed by atoms with Crippen molar-refractivity contribution in [2.45, 2.75) is 33.7 Å². The second-order valence-electron chi connectivity index (χ2n) is 6.14. The molecule has 2 atom stereocenters. The molecule has 0 aliphatic heterocycles. The highest BCUT2D eigenvalue weighted by Crippen LogP contribution is 2.27. The third-order valence-electron chi connectivity index (χ3n) is 3.35. The second kappa shape index (κ2) is 6.61. The van der Waals surface area contributed by atoms with Crippen LogP contribution in [0, 0.1) is 11.3 Å². The van der Waals surface area contributed by atoms with Gasteiger partial charge in [-0.25, -0.2) is 0 Å². The average Bonchev–Trinajstić information content (AvgIpc) is 2.36. The van der Waals surface area contributed by atoms with Gasteiger partial charge in [0.1, 0.15) is 11.7 Å². The van der Waals surface area contributed by atoms with Gasteiger partial charge >= 0.3 is 5.97 Å². The Balaban J connectivity index is 2.82. The Kier molecular flexibility index (Phi) is 5.35. The first-order valence-corrected chi connectivity index (χ1v) is 6.84. The molecule has 21 heavy (non-hydrogen) atoms. The van der Waals surface area contributed by atoms with E-state index in [9.17, 15) is 14.7 Å². The van der Waals surface area contributed by atoms with Crippen LogP contribution < -0.4 is 10.1 Å². The molecule has 0 radical (unpaired) electrons. The van der Waals surface area contributed by atoms with Crippen LogP contribution in [0.1, 0.15) is 39.3 Å². The van der Waals surface area contributed by atoms with E-state index in [-0.39, 0.29) is 6.04 Å². The number of benzene rings is 1. The molecule has 0 saturated heterocycles. The molecule has 1 rings (SSSR count). The van der Waals surface area contributed by atoms with E-state index in [1.807, 2.05) is 19.1 Å². The highest BCUT2D eigenvalue weighted by Gasteiger charge is 2.38. The lowest BCUT2D eigenvalue weighted by molar-refractivity contribution is -0.151. The smallest absolute Gasteiger partial charge is 0.316 e. The summed E-state index contributed by atoms with van der Waals surface area (Å²) in [6.07, 6.45) is 0. The molecule has 0 saturated carbocycles. The first-order chi connectivity index (χ1) is 9.66. The lowest BCUT2D eigenvalue weighted by Crippen LogP contribution is -2.43. The summed E-state index contributed by atoms with van der Waals surface area (Å²) in [6.45, 7) is 7.04. The number of carbonyl (C=O) groups excluding carboxylic acids is 1. The fraction of sp³-hybridized carbons (Fsp3) is 0.500. The Morgan fingerprint density at radius 1 is 1.19 bits per heavy atom. The Hall–Kier alpha value is -2.04. The van der Waals surface area contributed by atoms with Gasteiger partial charge in [-0.1, -0.05) is 32.9 Å². The van der Waals surface area contributed by atoms with E-state index in [0.29, 0.717) is 0 Å². The van der Waals surface area contributed by atoms with E-state index in [0.717, 1.165) is 11.3 Å². The quantitative estimate of drug-likeness (QED) is 0.818. The number of hydrogen-bond donors (Lipinski definition) is 2. The molecule has 2 N–H and O–H groups in total. The van der Waals surface area contributed by atoms with Gasteiger partial charge in [-0.15, -0.1) is 0 Å². The molecule has 116 valence electrons. The first-order valence-electron chi connectivity index (χ1n) is 6.84. The van der Waals surface area contributed by atoms with E-state index in [1.165, 1.54) is 0 Å². The van der Waals surface area contributed by atoms with Gasteiger partial charge in [0.05, 0.1) is 13.2 Å². The molecule has 0 aliphatic carbocycles. The van der Waals surface area contributed by atoms with Crippen molar-refractivity contribution in [3.8, 4) is 5.75 Å². The SMILES string of the molecule is COc1ccc(C(C)NC(=O)C(C(=O)O)C(C)(C)C)cc1. The van der Waals surface area contributed by atoms with Crippen molar-refractivity contribution in [2.24, 2.45) is 11.3 Å². The van der Waals surface area contributed by atoms with Gasteiger partial charge in [-0.05, 0) is 30.0 Å². The van der Waals surface area contributed by atoms with E-state index < -0.39 is 23.2 Å². The van der Waals surface area contributed by atoms with Crippen LogP contribution in [0.4, 0.5) is 0 Å². The number of nitrogens with one attached hydrogen (secondary N) is 1. The number of ether oxygens (including phenoxy) is 1. The van der Waals surface area contributed by atoms with Crippen LogP contribution in [-0.4, -0.2) is 24.1 Å². The fourth-order valence-electron chi connectivity index (χ4n) is 2.15. The van der Waals surface area contributed by atoms with Gasteiger partial charge < -0.3 is 15.2 Å². The van der Waals surface area contributed by atoms with Crippen molar-refractivity contribution in [1.29, 1.82) is 0 Å². The van der Waals surface area contributed by atoms with Gasteiger partial charge in [0.25, 0.3) is 0 Å². The summed E-state index contributed by atoms with van der Waals surface area (Å²) in [4.78, 5) is 23.5. The van der Waals surface area contributed by atoms with Crippen molar-refractivity contribution in [2.75, 3.05) is 7.11 Å². The summed E-state index contributed by atoms with van der Waals surface area (Å²) in [5.41, 5.74) is 0.248. The van der Waals surface area contributed by atoms with Gasteiger partial charge in [0.15, 0.2) is 0 Å². The molecule has 1 aromatic rings. The van der Waals surface area contributed by atoms with E-state index in [2.05, 4.69) is 5.32 Å². The monoisotopic (exact) mass is 293 g/mol. The van der Waals surface area contributed by atoms with Gasteiger partial charge in [0, 0.05) is 0 Å². The molecule has 1 amide bonds. The fourth-order valence-corrected chi connectivity index (χ4v) is 2.15. The molecule has 2 unspecified atom stereocenters. The summed E-state index contributed by atoms with van der Waals surface area (Å²) >= 11 is 0. The highest BCUT2D eigenvalue weighted by atomic mass is 16.5. The predicted octanol–water partition coefficient (Wildman–Crippen LogP) is 2.62. The standard InChI is InChI=1S/C16H23NO4/c1-10(11-6-8-12(21-5)9-7-11)17-14(18)13(15(19)20)16(2,3)4/h6-10,13H,1-5H3,(H,17,18)(H,19,20). The molecule has 5 nitrogen and oxygen atoms in total. The maximum atomic E-state index is 12.2. The summed E-state index contributed by atoms with van der Waals surface area (Å²) in [6, 6.07) is 7.02. The van der Waals surface area contributed by atoms with Crippen molar-refractivity contribution in [3.05, 3.63) is 29.8 Å². The van der Waals surface area contributed by atoms with E-state index in [4.69, 9.17) is 4.74 Å². The Morgan fingerprint density at radius 3 is 2.10 bits per heavy atom. The van der Waals surface area contributed by atoms with Crippen molar-refractivity contribution < 1.29 is 19.4 Å². The zero-order valence-corrected chi connectivity index (χ0v) is 13.1. The molecular formula is C16H23NO4. The molecular weight excluding hydrogens is 270 g/mol. The van der Waals surface area contributed by atoms with Crippen molar-refractivity contribution in [1.82, 2.24) is 5.32 Å². The lowest BCUT2D eigenvalue weighted by atomic mass is 9.80. The van der Waals surface area contributed by atoms with Crippen LogP contribution >= 0.6 is 0 Å². The predicted molar refractivity (Wildman–Crippen MR) is 80.1 cm³/mol. The van der Waals surface area contributed by atoms with Crippen LogP contribution in [0.25, 0.3) is 0 Å². The topological polar surface area (TPSA) is 75.6 Å². The molecule has 1 aromatic carbocycles. The number of carboxylic acids is 1. The number of aliphatic carboxylic acids is 1. The molecule has 5 heteroatoms. The van der Waals surface area contributed by atoms with Crippen LogP contribution in [0.15, 0.2) is 24.3 Å². The number of methoxy groups -OCH3 is 1. The number of hydrogen-bond acceptors (Lipinski definition) is 3. The van der Waals surface area contributed by atoms with E-state index >= 15 is 0 Å². The number of carboxylic acid groups (broad SMARTS) is 1.